The number of alkyl halides is 1. The van der Waals surface area contributed by atoms with E-state index in [9.17, 15) is 19.8 Å². The van der Waals surface area contributed by atoms with Crippen LogP contribution in [0.25, 0.3) is 0 Å². The van der Waals surface area contributed by atoms with Gasteiger partial charge in [0.05, 0.1) is 12.0 Å². The molecule has 5 heteroatoms. The minimum atomic E-state index is -1.87. The fourth-order valence-corrected chi connectivity index (χ4v) is 7.10. The Kier molecular flexibility index (Phi) is 3.63. The minimum Gasteiger partial charge on any atom is -0.481 e. The van der Waals surface area contributed by atoms with E-state index >= 15 is 4.39 Å². The molecular weight excluding hydrogens is 335 g/mol. The number of halogens is 1. The van der Waals surface area contributed by atoms with Gasteiger partial charge in [0.2, 0.25) is 0 Å². The zero-order valence-corrected chi connectivity index (χ0v) is 15.5. The van der Waals surface area contributed by atoms with Crippen LogP contribution < -0.4 is 0 Å². The summed E-state index contributed by atoms with van der Waals surface area (Å²) in [5.74, 6) is -2.04. The van der Waals surface area contributed by atoms with Gasteiger partial charge in [-0.05, 0) is 62.0 Å². The third-order valence-electron chi connectivity index (χ3n) is 8.25. The largest absolute Gasteiger partial charge is 0.481 e. The quantitative estimate of drug-likeness (QED) is 0.750. The molecule has 0 aliphatic heterocycles. The number of carbonyl (C=O) groups is 2. The van der Waals surface area contributed by atoms with Gasteiger partial charge in [-0.2, -0.15) is 0 Å². The predicted octanol–water partition coefficient (Wildman–Crippen LogP) is 3.30. The molecule has 0 heterocycles. The lowest BCUT2D eigenvalue weighted by Gasteiger charge is -2.61. The van der Waals surface area contributed by atoms with E-state index in [1.54, 1.807) is 13.0 Å². The van der Waals surface area contributed by atoms with E-state index in [0.29, 0.717) is 19.3 Å². The number of hydrogen-bond acceptors (Lipinski definition) is 3. The van der Waals surface area contributed by atoms with Crippen molar-refractivity contribution in [2.75, 3.05) is 0 Å². The van der Waals surface area contributed by atoms with Crippen LogP contribution in [0.2, 0.25) is 0 Å². The summed E-state index contributed by atoms with van der Waals surface area (Å²) in [6.07, 6.45) is 5.32. The third-order valence-corrected chi connectivity index (χ3v) is 8.25. The third kappa shape index (κ3) is 1.93. The molecule has 0 saturated heterocycles. The van der Waals surface area contributed by atoms with Crippen molar-refractivity contribution >= 4 is 11.8 Å². The van der Waals surface area contributed by atoms with Crippen LogP contribution in [-0.4, -0.2) is 33.7 Å². The summed E-state index contributed by atoms with van der Waals surface area (Å²) in [6.45, 7) is 5.65. The second-order valence-electron chi connectivity index (χ2n) is 9.38. The molecule has 3 fully saturated rings. The van der Waals surface area contributed by atoms with Gasteiger partial charge in [0.25, 0.3) is 0 Å². The van der Waals surface area contributed by atoms with Gasteiger partial charge in [0, 0.05) is 11.3 Å². The normalized spacial score (nSPS) is 52.7. The monoisotopic (exact) mass is 362 g/mol. The van der Waals surface area contributed by atoms with Gasteiger partial charge in [-0.3, -0.25) is 9.59 Å². The molecule has 4 rings (SSSR count). The Morgan fingerprint density at radius 2 is 2.00 bits per heavy atom. The van der Waals surface area contributed by atoms with Gasteiger partial charge in [0.15, 0.2) is 11.5 Å². The number of carbonyl (C=O) groups excluding carboxylic acids is 1. The summed E-state index contributed by atoms with van der Waals surface area (Å²) in [5, 5.41) is 20.8. The Morgan fingerprint density at radius 3 is 2.65 bits per heavy atom. The van der Waals surface area contributed by atoms with Crippen LogP contribution in [0.15, 0.2) is 23.8 Å². The lowest BCUT2D eigenvalue weighted by atomic mass is 9.45. The van der Waals surface area contributed by atoms with E-state index in [1.165, 1.54) is 12.2 Å². The molecule has 0 bridgehead atoms. The molecule has 26 heavy (non-hydrogen) atoms. The zero-order valence-electron chi connectivity index (χ0n) is 15.5. The highest BCUT2D eigenvalue weighted by molar-refractivity contribution is 6.01. The van der Waals surface area contributed by atoms with Crippen molar-refractivity contribution < 1.29 is 24.2 Å². The van der Waals surface area contributed by atoms with Gasteiger partial charge >= 0.3 is 5.97 Å². The van der Waals surface area contributed by atoms with Crippen molar-refractivity contribution in [1.29, 1.82) is 0 Å². The van der Waals surface area contributed by atoms with Crippen LogP contribution >= 0.6 is 0 Å². The number of fused-ring (bicyclic) bond motifs is 5. The molecule has 2 N–H and O–H groups in total. The Balaban J connectivity index is 1.82. The number of rotatable bonds is 1. The number of ketones is 1. The van der Waals surface area contributed by atoms with Crippen molar-refractivity contribution in [2.24, 2.45) is 34.5 Å². The van der Waals surface area contributed by atoms with Crippen LogP contribution in [0.1, 0.15) is 46.5 Å². The summed E-state index contributed by atoms with van der Waals surface area (Å²) < 4.78 is 16.7. The maximum absolute atomic E-state index is 16.7. The molecule has 4 aliphatic rings. The van der Waals surface area contributed by atoms with Gasteiger partial charge in [-0.1, -0.05) is 25.5 Å². The van der Waals surface area contributed by atoms with E-state index < -0.39 is 40.4 Å². The summed E-state index contributed by atoms with van der Waals surface area (Å²) in [5.41, 5.74) is -2.72. The highest BCUT2D eigenvalue weighted by atomic mass is 19.1. The molecule has 0 amide bonds. The Bertz CT molecular complexity index is 742. The van der Waals surface area contributed by atoms with Gasteiger partial charge < -0.3 is 10.2 Å². The highest BCUT2D eigenvalue weighted by Crippen LogP contribution is 2.69. The van der Waals surface area contributed by atoms with Crippen molar-refractivity contribution in [2.45, 2.75) is 58.2 Å². The van der Waals surface area contributed by atoms with Gasteiger partial charge in [0.1, 0.15) is 0 Å². The molecule has 0 aromatic carbocycles. The number of aliphatic hydroxyl groups excluding tert-OH is 1. The molecule has 8 atom stereocenters. The van der Waals surface area contributed by atoms with Gasteiger partial charge in [-0.15, -0.1) is 0 Å². The van der Waals surface area contributed by atoms with E-state index in [2.05, 4.69) is 0 Å². The van der Waals surface area contributed by atoms with Crippen LogP contribution in [0, 0.1) is 34.5 Å². The number of allylic oxidation sites excluding steroid dienone is 4. The van der Waals surface area contributed by atoms with Crippen molar-refractivity contribution in [3.05, 3.63) is 23.8 Å². The molecule has 0 unspecified atom stereocenters. The molecule has 142 valence electrons. The first kappa shape index (κ1) is 17.9. The van der Waals surface area contributed by atoms with E-state index in [0.717, 1.165) is 5.57 Å². The summed E-state index contributed by atoms with van der Waals surface area (Å²) >= 11 is 0. The molecule has 4 nitrogen and oxygen atoms in total. The summed E-state index contributed by atoms with van der Waals surface area (Å²) in [6, 6.07) is 0. The topological polar surface area (TPSA) is 74.6 Å². The molecule has 4 aliphatic carbocycles. The summed E-state index contributed by atoms with van der Waals surface area (Å²) in [4.78, 5) is 23.7. The second-order valence-corrected chi connectivity index (χ2v) is 9.38. The Labute approximate surface area is 153 Å². The fourth-order valence-electron chi connectivity index (χ4n) is 7.10. The number of hydrogen-bond donors (Lipinski definition) is 2. The maximum atomic E-state index is 16.7. The first-order valence-corrected chi connectivity index (χ1v) is 9.59. The van der Waals surface area contributed by atoms with Crippen LogP contribution in [0.4, 0.5) is 4.39 Å². The Morgan fingerprint density at radius 1 is 1.31 bits per heavy atom. The number of aliphatic carboxylic acids is 1. The van der Waals surface area contributed by atoms with E-state index in [1.807, 2.05) is 13.8 Å². The lowest BCUT2D eigenvalue weighted by molar-refractivity contribution is -0.198. The fraction of sp³-hybridized carbons (Fsp3) is 0.714. The van der Waals surface area contributed by atoms with E-state index in [4.69, 9.17) is 0 Å². The lowest BCUT2D eigenvalue weighted by Crippen LogP contribution is -2.66. The predicted molar refractivity (Wildman–Crippen MR) is 94.0 cm³/mol. The number of aliphatic hydroxyl groups is 1. The highest BCUT2D eigenvalue weighted by Gasteiger charge is 2.71. The van der Waals surface area contributed by atoms with Crippen LogP contribution in [-0.2, 0) is 9.59 Å². The first-order chi connectivity index (χ1) is 12.1. The molecule has 0 aromatic heterocycles. The number of carboxylic acid groups (broad SMARTS) is 1. The Hall–Kier alpha value is -1.49. The SMILES string of the molecule is C[C@H]1C[C@H]2[C@@H]3CCC4=CC(=O)C=C[C@]4(C)[C@@]3(F)[C@@H](O)C[C@]2(C)[C@@H]1C(=O)O. The summed E-state index contributed by atoms with van der Waals surface area (Å²) in [7, 11) is 0. The van der Waals surface area contributed by atoms with Crippen molar-refractivity contribution in [3.8, 4) is 0 Å². The molecule has 0 aromatic rings. The van der Waals surface area contributed by atoms with E-state index in [-0.39, 0.29) is 24.0 Å². The van der Waals surface area contributed by atoms with Crippen LogP contribution in [0.3, 0.4) is 0 Å². The first-order valence-electron chi connectivity index (χ1n) is 9.59. The molecular formula is C21H27FO4. The second kappa shape index (κ2) is 5.28. The maximum Gasteiger partial charge on any atom is 0.307 e. The average Bonchev–Trinajstić information content (AvgIpc) is 2.80. The van der Waals surface area contributed by atoms with Crippen molar-refractivity contribution in [3.63, 3.8) is 0 Å². The molecule has 0 radical (unpaired) electrons. The van der Waals surface area contributed by atoms with Crippen molar-refractivity contribution in [1.82, 2.24) is 0 Å². The zero-order chi connectivity index (χ0) is 19.1. The standard InChI is InChI=1S/C21H27FO4/c1-11-8-15-14-5-4-12-9-13(23)6-7-20(12,3)21(14,22)16(24)10-19(15,2)17(11)18(25)26/h6-7,9,11,14-17,24H,4-5,8,10H2,1-3H3,(H,25,26)/t11-,14-,15-,16-,17-,19-,20-,21-/m0/s1. The smallest absolute Gasteiger partial charge is 0.307 e. The minimum absolute atomic E-state index is 0.0368. The van der Waals surface area contributed by atoms with Gasteiger partial charge in [-0.25, -0.2) is 4.39 Å². The molecule has 3 saturated carbocycles. The average molecular weight is 362 g/mol. The van der Waals surface area contributed by atoms with Crippen LogP contribution in [0.5, 0.6) is 0 Å². The molecule has 0 spiro atoms. The number of carboxylic acids is 1.